The van der Waals surface area contributed by atoms with Gasteiger partial charge in [0.05, 0.1) is 16.3 Å². The van der Waals surface area contributed by atoms with E-state index in [1.54, 1.807) is 0 Å². The minimum atomic E-state index is -4.76. The molecule has 0 aliphatic rings. The van der Waals surface area contributed by atoms with E-state index < -0.39 is 51.8 Å². The number of ether oxygens (including phenoxy) is 1. The summed E-state index contributed by atoms with van der Waals surface area (Å²) in [5.74, 6) is -4.02. The van der Waals surface area contributed by atoms with Gasteiger partial charge < -0.3 is 20.7 Å². The largest absolute Gasteiger partial charge is 0.454 e. The fourth-order valence-electron chi connectivity index (χ4n) is 2.67. The van der Waals surface area contributed by atoms with Gasteiger partial charge in [0.25, 0.3) is 5.91 Å². The molecule has 1 aromatic heterocycles. The highest BCUT2D eigenvalue weighted by Gasteiger charge is 2.33. The summed E-state index contributed by atoms with van der Waals surface area (Å²) in [6.45, 7) is 0. The molecule has 0 spiro atoms. The fraction of sp³-hybridized carbons (Fsp3) is 0.0952. The molecule has 3 amide bonds. The molecule has 3 rings (SSSR count). The number of amides is 3. The molecule has 3 aromatic rings. The number of alkyl halides is 3. The topological polar surface area (TPSA) is 92.4 Å². The van der Waals surface area contributed by atoms with Gasteiger partial charge in [-0.3, -0.25) is 9.78 Å². The van der Waals surface area contributed by atoms with Crippen molar-refractivity contribution in [3.63, 3.8) is 0 Å². The molecule has 0 fully saturated rings. The van der Waals surface area contributed by atoms with E-state index in [0.717, 1.165) is 24.3 Å². The van der Waals surface area contributed by atoms with E-state index in [-0.39, 0.29) is 17.1 Å². The van der Waals surface area contributed by atoms with Gasteiger partial charge in [0, 0.05) is 25.0 Å². The van der Waals surface area contributed by atoms with Crippen LogP contribution in [0, 0.1) is 11.6 Å². The number of hydrogen-bond acceptors (Lipinski definition) is 4. The van der Waals surface area contributed by atoms with Crippen molar-refractivity contribution in [2.24, 2.45) is 0 Å². The third-order valence-corrected chi connectivity index (χ3v) is 4.57. The number of halogens is 6. The standard InChI is InChI=1S/C21H14ClF5N4O3/c1-28-19(32)15-9-11(6-7-29-15)34-16-5-4-14(17(23)18(16)24)31-20(33)30-10-2-3-13(22)12(8-10)21(25,26)27/h2-9H,1H3,(H,28,32)(H2,30,31,33). The number of nitrogens with zero attached hydrogens (tertiary/aromatic N) is 1. The molecule has 0 saturated heterocycles. The zero-order chi connectivity index (χ0) is 25.0. The monoisotopic (exact) mass is 500 g/mol. The van der Waals surface area contributed by atoms with Gasteiger partial charge in [0.15, 0.2) is 11.6 Å². The van der Waals surface area contributed by atoms with Crippen LogP contribution in [0.2, 0.25) is 5.02 Å². The molecule has 3 N–H and O–H groups in total. The zero-order valence-electron chi connectivity index (χ0n) is 17.1. The molecule has 2 aromatic carbocycles. The van der Waals surface area contributed by atoms with E-state index >= 15 is 0 Å². The van der Waals surface area contributed by atoms with Crippen LogP contribution < -0.4 is 20.7 Å². The fourth-order valence-corrected chi connectivity index (χ4v) is 2.89. The van der Waals surface area contributed by atoms with Crippen LogP contribution in [0.3, 0.4) is 0 Å². The first-order valence-corrected chi connectivity index (χ1v) is 9.66. The Balaban J connectivity index is 1.74. The molecule has 34 heavy (non-hydrogen) atoms. The Morgan fingerprint density at radius 2 is 1.74 bits per heavy atom. The number of hydrogen-bond donors (Lipinski definition) is 3. The van der Waals surface area contributed by atoms with E-state index in [1.165, 1.54) is 25.4 Å². The number of carbonyl (C=O) groups excluding carboxylic acids is 2. The van der Waals surface area contributed by atoms with Crippen LogP contribution in [0.4, 0.5) is 38.1 Å². The second-order valence-corrected chi connectivity index (χ2v) is 6.98. The summed E-state index contributed by atoms with van der Waals surface area (Å²) in [5.41, 5.74) is -2.08. The summed E-state index contributed by atoms with van der Waals surface area (Å²) in [4.78, 5) is 27.5. The molecule has 0 radical (unpaired) electrons. The third kappa shape index (κ3) is 5.70. The minimum absolute atomic E-state index is 0.00596. The van der Waals surface area contributed by atoms with Crippen molar-refractivity contribution < 1.29 is 36.3 Å². The maximum absolute atomic E-state index is 14.5. The average Bonchev–Trinajstić information content (AvgIpc) is 2.79. The number of benzene rings is 2. The van der Waals surface area contributed by atoms with Crippen LogP contribution in [-0.4, -0.2) is 24.0 Å². The Morgan fingerprint density at radius 1 is 1.00 bits per heavy atom. The second-order valence-electron chi connectivity index (χ2n) is 6.57. The number of rotatable bonds is 5. The summed E-state index contributed by atoms with van der Waals surface area (Å²) in [6.07, 6.45) is -3.53. The number of aromatic nitrogens is 1. The van der Waals surface area contributed by atoms with Gasteiger partial charge in [-0.25, -0.2) is 9.18 Å². The molecular weight excluding hydrogens is 487 g/mol. The lowest BCUT2D eigenvalue weighted by Gasteiger charge is -2.13. The number of carbonyl (C=O) groups is 2. The molecule has 1 heterocycles. The molecule has 7 nitrogen and oxygen atoms in total. The summed E-state index contributed by atoms with van der Waals surface area (Å²) < 4.78 is 73.0. The van der Waals surface area contributed by atoms with Crippen molar-refractivity contribution in [1.29, 1.82) is 0 Å². The molecular formula is C21H14ClF5N4O3. The summed E-state index contributed by atoms with van der Waals surface area (Å²) >= 11 is 5.51. The highest BCUT2D eigenvalue weighted by Crippen LogP contribution is 2.36. The predicted octanol–water partition coefficient (Wildman–Crippen LogP) is 5.83. The zero-order valence-corrected chi connectivity index (χ0v) is 17.8. The molecule has 0 atom stereocenters. The second kappa shape index (κ2) is 9.91. The lowest BCUT2D eigenvalue weighted by Crippen LogP contribution is -2.21. The van der Waals surface area contributed by atoms with Crippen LogP contribution in [-0.2, 0) is 6.18 Å². The predicted molar refractivity (Wildman–Crippen MR) is 113 cm³/mol. The van der Waals surface area contributed by atoms with Crippen LogP contribution in [0.25, 0.3) is 0 Å². The molecule has 0 bridgehead atoms. The Hall–Kier alpha value is -3.93. The van der Waals surface area contributed by atoms with Gasteiger partial charge in [-0.05, 0) is 36.4 Å². The van der Waals surface area contributed by atoms with Crippen LogP contribution in [0.5, 0.6) is 11.5 Å². The van der Waals surface area contributed by atoms with Crippen LogP contribution in [0.15, 0.2) is 48.7 Å². The molecule has 0 unspecified atom stereocenters. The normalized spacial score (nSPS) is 11.0. The van der Waals surface area contributed by atoms with Gasteiger partial charge in [0.2, 0.25) is 5.82 Å². The first-order valence-electron chi connectivity index (χ1n) is 9.28. The first-order chi connectivity index (χ1) is 16.0. The summed E-state index contributed by atoms with van der Waals surface area (Å²) in [5, 5.41) is 5.86. The molecule has 0 aliphatic heterocycles. The Bertz CT molecular complexity index is 1250. The van der Waals surface area contributed by atoms with E-state index in [9.17, 15) is 31.5 Å². The quantitative estimate of drug-likeness (QED) is 0.384. The van der Waals surface area contributed by atoms with Crippen molar-refractivity contribution in [2.75, 3.05) is 17.7 Å². The van der Waals surface area contributed by atoms with Crippen LogP contribution >= 0.6 is 11.6 Å². The minimum Gasteiger partial charge on any atom is -0.454 e. The van der Waals surface area contributed by atoms with Gasteiger partial charge in [-0.1, -0.05) is 11.6 Å². The number of urea groups is 1. The molecule has 0 aliphatic carbocycles. The van der Waals surface area contributed by atoms with E-state index in [2.05, 4.69) is 15.6 Å². The third-order valence-electron chi connectivity index (χ3n) is 4.24. The highest BCUT2D eigenvalue weighted by molar-refractivity contribution is 6.31. The van der Waals surface area contributed by atoms with E-state index in [0.29, 0.717) is 6.07 Å². The number of nitrogens with one attached hydrogen (secondary N) is 3. The molecule has 178 valence electrons. The lowest BCUT2D eigenvalue weighted by atomic mass is 10.2. The molecule has 0 saturated carbocycles. The Kier molecular flexibility index (Phi) is 7.20. The summed E-state index contributed by atoms with van der Waals surface area (Å²) in [7, 11) is 1.39. The van der Waals surface area contributed by atoms with Gasteiger partial charge in [-0.2, -0.15) is 17.6 Å². The van der Waals surface area contributed by atoms with Gasteiger partial charge >= 0.3 is 12.2 Å². The smallest absolute Gasteiger partial charge is 0.417 e. The van der Waals surface area contributed by atoms with Crippen molar-refractivity contribution in [2.45, 2.75) is 6.18 Å². The van der Waals surface area contributed by atoms with Gasteiger partial charge in [-0.15, -0.1) is 0 Å². The van der Waals surface area contributed by atoms with Crippen molar-refractivity contribution in [1.82, 2.24) is 10.3 Å². The Morgan fingerprint density at radius 3 is 2.41 bits per heavy atom. The average molecular weight is 501 g/mol. The van der Waals surface area contributed by atoms with Crippen molar-refractivity contribution in [3.05, 3.63) is 76.6 Å². The van der Waals surface area contributed by atoms with E-state index in [1.807, 2.05) is 5.32 Å². The first kappa shape index (κ1) is 24.7. The Labute approximate surface area is 193 Å². The van der Waals surface area contributed by atoms with E-state index in [4.69, 9.17) is 16.3 Å². The number of anilines is 2. The summed E-state index contributed by atoms with van der Waals surface area (Å²) in [6, 6.07) is 6.01. The van der Waals surface area contributed by atoms with Crippen molar-refractivity contribution >= 4 is 34.9 Å². The lowest BCUT2D eigenvalue weighted by molar-refractivity contribution is -0.137. The SMILES string of the molecule is CNC(=O)c1cc(Oc2ccc(NC(=O)Nc3ccc(Cl)c(C(F)(F)F)c3)c(F)c2F)ccn1. The highest BCUT2D eigenvalue weighted by atomic mass is 35.5. The molecule has 13 heteroatoms. The maximum Gasteiger partial charge on any atom is 0.417 e. The van der Waals surface area contributed by atoms with Crippen LogP contribution in [0.1, 0.15) is 16.1 Å². The van der Waals surface area contributed by atoms with Crippen molar-refractivity contribution in [3.8, 4) is 11.5 Å². The number of pyridine rings is 1. The van der Waals surface area contributed by atoms with Gasteiger partial charge in [0.1, 0.15) is 11.4 Å². The maximum atomic E-state index is 14.5.